The van der Waals surface area contributed by atoms with Gasteiger partial charge < -0.3 is 33.2 Å². The van der Waals surface area contributed by atoms with E-state index in [-0.39, 0.29) is 20.1 Å². The predicted molar refractivity (Wildman–Crippen MR) is 199 cm³/mol. The predicted octanol–water partition coefficient (Wildman–Crippen LogP) is 8.97. The summed E-state index contributed by atoms with van der Waals surface area (Å²) in [7, 11) is -3.22. The Morgan fingerprint density at radius 1 is 0.741 bits per heavy atom. The van der Waals surface area contributed by atoms with Crippen molar-refractivity contribution in [3.05, 3.63) is 53.1 Å². The molecule has 2 amide bonds. The van der Waals surface area contributed by atoms with E-state index in [1.54, 1.807) is 48.7 Å². The molecule has 17 heteroatoms. The van der Waals surface area contributed by atoms with Crippen LogP contribution in [0.4, 0.5) is 22.8 Å². The molecule has 0 unspecified atom stereocenters. The fourth-order valence-electron chi connectivity index (χ4n) is 3.47. The van der Waals surface area contributed by atoms with Gasteiger partial charge in [-0.05, 0) is 111 Å². The van der Waals surface area contributed by atoms with E-state index in [0.29, 0.717) is 38.2 Å². The van der Waals surface area contributed by atoms with Crippen molar-refractivity contribution in [1.29, 1.82) is 0 Å². The lowest BCUT2D eigenvalue weighted by atomic mass is 10.0. The Labute approximate surface area is 319 Å². The van der Waals surface area contributed by atoms with Crippen LogP contribution in [0.5, 0.6) is 17.2 Å². The Hall–Kier alpha value is -3.80. The maximum Gasteiger partial charge on any atom is 0.523 e. The van der Waals surface area contributed by atoms with Crippen LogP contribution in [0.3, 0.4) is 0 Å². The van der Waals surface area contributed by atoms with Gasteiger partial charge in [0.1, 0.15) is 17.0 Å². The molecule has 2 aromatic carbocycles. The third-order valence-electron chi connectivity index (χ3n) is 6.00. The van der Waals surface area contributed by atoms with Gasteiger partial charge in [0.25, 0.3) is 0 Å². The van der Waals surface area contributed by atoms with Crippen molar-refractivity contribution in [2.45, 2.75) is 106 Å². The number of hydrogen-bond donors (Lipinski definition) is 0. The van der Waals surface area contributed by atoms with Gasteiger partial charge in [-0.2, -0.15) is 21.6 Å². The lowest BCUT2D eigenvalue weighted by Crippen LogP contribution is -2.44. The highest BCUT2D eigenvalue weighted by atomic mass is 32.2. The van der Waals surface area contributed by atoms with Gasteiger partial charge in [-0.25, -0.2) is 14.5 Å². The zero-order valence-corrected chi connectivity index (χ0v) is 34.9. The first-order valence-electron chi connectivity index (χ1n) is 17.2. The van der Waals surface area contributed by atoms with Gasteiger partial charge in [0.15, 0.2) is 25.1 Å². The standard InChI is InChI=1S/C25H41NO8.C8H10O.C2H3F3O3S.C2H6/c1-10-29-16-31-20-14-18(3)19(15-21(20)32-17-30-11-2)12-13-26(22(27)33-24(4,5)6)23(28)34-25(7,8)9;1-7-3-5-8(9-2)6-4-7;1-8-9(6,7)2(3,4)5;1-2/h14-15H,10-13,16-17H2,1-9H3;3-6H,1-2H3;1H3;1-2H3. The first kappa shape index (κ1) is 52.3. The van der Waals surface area contributed by atoms with E-state index in [2.05, 4.69) is 11.1 Å². The van der Waals surface area contributed by atoms with Gasteiger partial charge in [-0.1, -0.05) is 31.5 Å². The highest BCUT2D eigenvalue weighted by molar-refractivity contribution is 7.87. The van der Waals surface area contributed by atoms with E-state index in [0.717, 1.165) is 21.8 Å². The van der Waals surface area contributed by atoms with E-state index in [4.69, 9.17) is 33.2 Å². The summed E-state index contributed by atoms with van der Waals surface area (Å²) in [6, 6.07) is 11.6. The van der Waals surface area contributed by atoms with Crippen LogP contribution in [0.15, 0.2) is 36.4 Å². The average Bonchev–Trinajstić information content (AvgIpc) is 3.06. The number of nitrogens with zero attached hydrogens (tertiary/aromatic N) is 1. The van der Waals surface area contributed by atoms with Gasteiger partial charge in [0.05, 0.1) is 14.2 Å². The number of carbonyl (C=O) groups excluding carboxylic acids is 2. The first-order valence-corrected chi connectivity index (χ1v) is 18.6. The van der Waals surface area contributed by atoms with Gasteiger partial charge in [-0.3, -0.25) is 4.18 Å². The number of imide groups is 1. The summed E-state index contributed by atoms with van der Waals surface area (Å²) < 4.78 is 93.7. The van der Waals surface area contributed by atoms with E-state index < -0.39 is 39.0 Å². The Bertz CT molecular complexity index is 1440. The molecule has 54 heavy (non-hydrogen) atoms. The third-order valence-corrected chi connectivity index (χ3v) is 7.00. The van der Waals surface area contributed by atoms with Gasteiger partial charge in [-0.15, -0.1) is 0 Å². The largest absolute Gasteiger partial charge is 0.523 e. The Kier molecular flexibility index (Phi) is 24.5. The molecule has 0 aliphatic heterocycles. The maximum absolute atomic E-state index is 12.8. The number of aryl methyl sites for hydroxylation is 2. The molecule has 312 valence electrons. The fourth-order valence-corrected chi connectivity index (χ4v) is 3.66. The number of amides is 2. The average molecular weight is 800 g/mol. The maximum atomic E-state index is 12.8. The van der Waals surface area contributed by atoms with Crippen LogP contribution in [0.25, 0.3) is 0 Å². The Morgan fingerprint density at radius 2 is 1.17 bits per heavy atom. The van der Waals surface area contributed by atoms with Gasteiger partial charge in [0, 0.05) is 19.8 Å². The van der Waals surface area contributed by atoms with Gasteiger partial charge in [0.2, 0.25) is 0 Å². The molecule has 0 fully saturated rings. The second kappa shape index (κ2) is 25.3. The van der Waals surface area contributed by atoms with Crippen LogP contribution in [0.1, 0.15) is 85.9 Å². The van der Waals surface area contributed by atoms with E-state index in [1.807, 2.05) is 71.0 Å². The minimum Gasteiger partial charge on any atom is -0.497 e. The lowest BCUT2D eigenvalue weighted by Gasteiger charge is -2.28. The number of rotatable bonds is 13. The van der Waals surface area contributed by atoms with E-state index in [1.165, 1.54) is 5.56 Å². The molecule has 0 aliphatic rings. The Balaban J connectivity index is 0. The van der Waals surface area contributed by atoms with Crippen LogP contribution in [0, 0.1) is 13.8 Å². The highest BCUT2D eigenvalue weighted by Gasteiger charge is 2.46. The van der Waals surface area contributed by atoms with Crippen LogP contribution >= 0.6 is 0 Å². The topological polar surface area (TPSA) is 145 Å². The van der Waals surface area contributed by atoms with Crippen molar-refractivity contribution in [2.75, 3.05) is 47.6 Å². The van der Waals surface area contributed by atoms with Gasteiger partial charge >= 0.3 is 27.8 Å². The number of methoxy groups -OCH3 is 1. The molecule has 13 nitrogen and oxygen atoms in total. The second-order valence-electron chi connectivity index (χ2n) is 12.7. The summed E-state index contributed by atoms with van der Waals surface area (Å²) >= 11 is 0. The number of alkyl halides is 3. The number of carbonyl (C=O) groups is 2. The van der Waals surface area contributed by atoms with Crippen LogP contribution in [-0.2, 0) is 39.7 Å². The van der Waals surface area contributed by atoms with E-state index in [9.17, 15) is 31.2 Å². The number of hydrogen-bond acceptors (Lipinski definition) is 12. The van der Waals surface area contributed by atoms with Crippen LogP contribution < -0.4 is 14.2 Å². The van der Waals surface area contributed by atoms with Crippen molar-refractivity contribution in [3.63, 3.8) is 0 Å². The molecule has 0 atom stereocenters. The van der Waals surface area contributed by atoms with Crippen molar-refractivity contribution < 1.29 is 68.5 Å². The first-order chi connectivity index (χ1) is 24.9. The summed E-state index contributed by atoms with van der Waals surface area (Å²) in [5.41, 5.74) is -3.78. The minimum absolute atomic E-state index is 0.0614. The molecule has 0 saturated carbocycles. The normalized spacial score (nSPS) is 11.3. The summed E-state index contributed by atoms with van der Waals surface area (Å²) in [5, 5.41) is 0. The fraction of sp³-hybridized carbons (Fsp3) is 0.622. The highest BCUT2D eigenvalue weighted by Crippen LogP contribution is 2.32. The molecule has 0 N–H and O–H groups in total. The molecule has 0 aliphatic carbocycles. The molecule has 0 aromatic heterocycles. The monoisotopic (exact) mass is 799 g/mol. The molecule has 2 rings (SSSR count). The molecule has 0 spiro atoms. The summed E-state index contributed by atoms with van der Waals surface area (Å²) in [6.45, 7) is 23.4. The van der Waals surface area contributed by atoms with Crippen molar-refractivity contribution in [1.82, 2.24) is 4.90 Å². The molecule has 0 saturated heterocycles. The summed E-state index contributed by atoms with van der Waals surface area (Å²) in [6.07, 6.45) is -1.16. The molecule has 0 radical (unpaired) electrons. The number of halogens is 3. The van der Waals surface area contributed by atoms with Crippen molar-refractivity contribution >= 4 is 22.3 Å². The zero-order valence-electron chi connectivity index (χ0n) is 34.1. The van der Waals surface area contributed by atoms with Crippen molar-refractivity contribution in [3.8, 4) is 17.2 Å². The van der Waals surface area contributed by atoms with E-state index >= 15 is 0 Å². The smallest absolute Gasteiger partial charge is 0.497 e. The summed E-state index contributed by atoms with van der Waals surface area (Å²) in [4.78, 5) is 26.5. The molecular weight excluding hydrogens is 739 g/mol. The minimum atomic E-state index is -5.34. The zero-order chi connectivity index (χ0) is 42.3. The third kappa shape index (κ3) is 22.4. The van der Waals surface area contributed by atoms with Crippen LogP contribution in [0.2, 0.25) is 0 Å². The molecular formula is C37H60F3NO12S. The number of benzene rings is 2. The second-order valence-corrected chi connectivity index (χ2v) is 14.4. The van der Waals surface area contributed by atoms with Crippen LogP contribution in [-0.4, -0.2) is 89.8 Å². The molecule has 0 bridgehead atoms. The molecule has 0 heterocycles. The Morgan fingerprint density at radius 3 is 1.50 bits per heavy atom. The summed E-state index contributed by atoms with van der Waals surface area (Å²) in [5.74, 6) is 1.92. The number of ether oxygens (including phenoxy) is 7. The quantitative estimate of drug-likeness (QED) is 0.0825. The lowest BCUT2D eigenvalue weighted by molar-refractivity contribution is -0.0526. The SMILES string of the molecule is CC.CCOCOc1cc(C)c(CCN(C(=O)OC(C)(C)C)C(=O)OC(C)(C)C)cc1OCOCC.COS(=O)(=O)C(F)(F)F.COc1ccc(C)cc1. The van der Waals surface area contributed by atoms with Crippen molar-refractivity contribution in [2.24, 2.45) is 0 Å². The molecule has 2 aromatic rings.